The van der Waals surface area contributed by atoms with Crippen LogP contribution in [0, 0.1) is 46.3 Å². The third-order valence-corrected chi connectivity index (χ3v) is 12.0. The molecule has 1 unspecified atom stereocenters. The Morgan fingerprint density at radius 2 is 1.90 bits per heavy atom. The molecule has 0 radical (unpaired) electrons. The van der Waals surface area contributed by atoms with Gasteiger partial charge in [-0.1, -0.05) is 20.8 Å². The summed E-state index contributed by atoms with van der Waals surface area (Å²) in [4.78, 5) is 31.3. The first-order chi connectivity index (χ1) is 18.4. The van der Waals surface area contributed by atoms with E-state index in [4.69, 9.17) is 0 Å². The molecule has 4 aliphatic rings. The Labute approximate surface area is 231 Å². The predicted octanol–water partition coefficient (Wildman–Crippen LogP) is 2.90. The van der Waals surface area contributed by atoms with Gasteiger partial charge in [-0.15, -0.1) is 0 Å². The summed E-state index contributed by atoms with van der Waals surface area (Å²) < 4.78 is 0. The highest BCUT2D eigenvalue weighted by atomic mass is 16.4. The van der Waals surface area contributed by atoms with Crippen molar-refractivity contribution in [3.8, 4) is 0 Å². The zero-order valence-electron chi connectivity index (χ0n) is 23.6. The molecule has 4 fully saturated rings. The van der Waals surface area contributed by atoms with E-state index in [1.54, 1.807) is 6.20 Å². The van der Waals surface area contributed by atoms with Crippen molar-refractivity contribution in [2.75, 3.05) is 0 Å². The number of nitrogens with zero attached hydrogens (tertiary/aromatic N) is 1. The number of aliphatic hydroxyl groups excluding tert-OH is 3. The molecule has 0 aliphatic heterocycles. The fourth-order valence-corrected chi connectivity index (χ4v) is 9.77. The van der Waals surface area contributed by atoms with E-state index in [1.165, 1.54) is 6.33 Å². The highest BCUT2D eigenvalue weighted by molar-refractivity contribution is 5.83. The largest absolute Gasteiger partial charge is 0.480 e. The molecule has 0 bridgehead atoms. The van der Waals surface area contributed by atoms with Crippen LogP contribution in [-0.4, -0.2) is 66.6 Å². The first-order valence-corrected chi connectivity index (χ1v) is 15.0. The van der Waals surface area contributed by atoms with Crippen LogP contribution >= 0.6 is 0 Å². The van der Waals surface area contributed by atoms with Crippen molar-refractivity contribution >= 4 is 11.9 Å². The molecule has 6 N–H and O–H groups in total. The molecule has 0 spiro atoms. The van der Waals surface area contributed by atoms with Crippen molar-refractivity contribution in [2.24, 2.45) is 46.3 Å². The topological polar surface area (TPSA) is 156 Å². The number of amides is 1. The molecule has 9 nitrogen and oxygen atoms in total. The van der Waals surface area contributed by atoms with Gasteiger partial charge in [0.05, 0.1) is 24.6 Å². The van der Waals surface area contributed by atoms with Crippen molar-refractivity contribution < 1.29 is 30.0 Å². The zero-order valence-corrected chi connectivity index (χ0v) is 23.6. The van der Waals surface area contributed by atoms with Crippen molar-refractivity contribution in [1.82, 2.24) is 15.3 Å². The lowest BCUT2D eigenvalue weighted by atomic mass is 9.43. The summed E-state index contributed by atoms with van der Waals surface area (Å²) in [6.45, 7) is 6.71. The molecule has 9 heteroatoms. The van der Waals surface area contributed by atoms with Crippen LogP contribution in [0.2, 0.25) is 0 Å². The lowest BCUT2D eigenvalue weighted by Gasteiger charge is -2.63. The van der Waals surface area contributed by atoms with Gasteiger partial charge in [-0.2, -0.15) is 0 Å². The van der Waals surface area contributed by atoms with Gasteiger partial charge in [0, 0.05) is 24.7 Å². The van der Waals surface area contributed by atoms with Gasteiger partial charge < -0.3 is 30.7 Å². The number of aromatic amines is 1. The molecule has 0 saturated heterocycles. The Morgan fingerprint density at radius 1 is 1.13 bits per heavy atom. The van der Waals surface area contributed by atoms with Crippen LogP contribution < -0.4 is 5.32 Å². The second-order valence-electron chi connectivity index (χ2n) is 13.8. The van der Waals surface area contributed by atoms with E-state index in [1.807, 2.05) is 0 Å². The number of carboxylic acid groups (broad SMARTS) is 1. The number of hydrogen-bond acceptors (Lipinski definition) is 6. The highest BCUT2D eigenvalue weighted by Gasteiger charge is 2.65. The number of hydrogen-bond donors (Lipinski definition) is 6. The number of imidazole rings is 1. The molecule has 39 heavy (non-hydrogen) atoms. The number of nitrogens with one attached hydrogen (secondary N) is 2. The quantitative estimate of drug-likeness (QED) is 0.293. The molecule has 1 aromatic rings. The van der Waals surface area contributed by atoms with E-state index in [9.17, 15) is 30.0 Å². The number of H-pyrrole nitrogens is 1. The highest BCUT2D eigenvalue weighted by Crippen LogP contribution is 2.68. The average Bonchev–Trinajstić information content (AvgIpc) is 3.52. The van der Waals surface area contributed by atoms with E-state index in [2.05, 4.69) is 36.1 Å². The van der Waals surface area contributed by atoms with Gasteiger partial charge in [-0.25, -0.2) is 9.78 Å². The zero-order chi connectivity index (χ0) is 28.1. The summed E-state index contributed by atoms with van der Waals surface area (Å²) >= 11 is 0. The van der Waals surface area contributed by atoms with Crippen molar-refractivity contribution in [2.45, 2.75) is 109 Å². The molecule has 4 aliphatic carbocycles. The SMILES string of the molecule is C[C@H](CCC(=O)NC(Cc1cnc[nH]1)C(=O)O)[C@H]1CC[C@H]2[C@@H]3[C@H](O)C[C@@H]4C[C@H](O)CC[C@]4(C)[C@H]3C[C@H](O)[C@]12C. The third kappa shape index (κ3) is 5.04. The Balaban J connectivity index is 1.24. The van der Waals surface area contributed by atoms with Gasteiger partial charge in [-0.3, -0.25) is 4.79 Å². The summed E-state index contributed by atoms with van der Waals surface area (Å²) in [5.41, 5.74) is 0.379. The van der Waals surface area contributed by atoms with E-state index >= 15 is 0 Å². The minimum absolute atomic E-state index is 0.0457. The lowest BCUT2D eigenvalue weighted by Crippen LogP contribution is -2.62. The molecule has 5 rings (SSSR count). The smallest absolute Gasteiger partial charge is 0.326 e. The Bertz CT molecular complexity index is 1030. The maximum absolute atomic E-state index is 12.8. The fourth-order valence-electron chi connectivity index (χ4n) is 9.77. The molecular weight excluding hydrogens is 498 g/mol. The van der Waals surface area contributed by atoms with Crippen LogP contribution in [0.3, 0.4) is 0 Å². The van der Waals surface area contributed by atoms with Crippen LogP contribution in [0.1, 0.15) is 84.3 Å². The number of carboxylic acids is 1. The van der Waals surface area contributed by atoms with Crippen molar-refractivity contribution in [3.05, 3.63) is 18.2 Å². The molecule has 1 aromatic heterocycles. The van der Waals surface area contributed by atoms with E-state index in [0.29, 0.717) is 24.5 Å². The Morgan fingerprint density at radius 3 is 2.59 bits per heavy atom. The van der Waals surface area contributed by atoms with Crippen LogP contribution in [0.4, 0.5) is 0 Å². The van der Waals surface area contributed by atoms with Gasteiger partial charge in [0.25, 0.3) is 0 Å². The minimum Gasteiger partial charge on any atom is -0.480 e. The molecule has 0 aromatic carbocycles. The molecule has 4 saturated carbocycles. The molecule has 1 amide bonds. The summed E-state index contributed by atoms with van der Waals surface area (Å²) in [6.07, 6.45) is 8.77. The van der Waals surface area contributed by atoms with Crippen molar-refractivity contribution in [3.63, 3.8) is 0 Å². The van der Waals surface area contributed by atoms with Gasteiger partial charge in [-0.05, 0) is 97.7 Å². The second kappa shape index (κ2) is 10.8. The van der Waals surface area contributed by atoms with E-state index in [0.717, 1.165) is 38.5 Å². The summed E-state index contributed by atoms with van der Waals surface area (Å²) in [6, 6.07) is -1.02. The Hall–Kier alpha value is -1.97. The van der Waals surface area contributed by atoms with E-state index in [-0.39, 0.29) is 65.3 Å². The van der Waals surface area contributed by atoms with Gasteiger partial charge in [0.1, 0.15) is 6.04 Å². The lowest BCUT2D eigenvalue weighted by molar-refractivity contribution is -0.207. The fraction of sp³-hybridized carbons (Fsp3) is 0.833. The number of rotatable bonds is 8. The van der Waals surface area contributed by atoms with Crippen LogP contribution in [0.5, 0.6) is 0 Å². The number of fused-ring (bicyclic) bond motifs is 5. The number of carbonyl (C=O) groups excluding carboxylic acids is 1. The van der Waals surface area contributed by atoms with Gasteiger partial charge >= 0.3 is 5.97 Å². The monoisotopic (exact) mass is 545 g/mol. The molecule has 1 heterocycles. The number of aliphatic carboxylic acids is 1. The maximum atomic E-state index is 12.8. The van der Waals surface area contributed by atoms with E-state index < -0.39 is 24.2 Å². The van der Waals surface area contributed by atoms with Crippen LogP contribution in [0.15, 0.2) is 12.5 Å². The predicted molar refractivity (Wildman–Crippen MR) is 144 cm³/mol. The first-order valence-electron chi connectivity index (χ1n) is 15.0. The summed E-state index contributed by atoms with van der Waals surface area (Å²) in [5.74, 6) is 0.0118. The first kappa shape index (κ1) is 28.6. The molecule has 218 valence electrons. The molecular formula is C30H47N3O6. The molecule has 12 atom stereocenters. The van der Waals surface area contributed by atoms with Crippen molar-refractivity contribution in [1.29, 1.82) is 0 Å². The standard InChI is InChI=1S/C30H47N3O6/c1-16(4-7-26(37)33-23(28(38)39)12-18-14-31-15-32-18)20-5-6-21-27-22(13-25(36)30(20,21)3)29(2)9-8-19(34)10-17(29)11-24(27)35/h14-17,19-25,27,34-36H,4-13H2,1-3H3,(H,31,32)(H,33,37)(H,38,39)/t16-,17+,19-,20-,21+,22+,23?,24-,25+,27+,29+,30-/m1/s1. The minimum atomic E-state index is -1.08. The van der Waals surface area contributed by atoms with Gasteiger partial charge in [0.2, 0.25) is 5.91 Å². The number of aliphatic hydroxyl groups is 3. The maximum Gasteiger partial charge on any atom is 0.326 e. The second-order valence-corrected chi connectivity index (χ2v) is 13.8. The summed E-state index contributed by atoms with van der Waals surface area (Å²) in [5, 5.41) is 45.7. The summed E-state index contributed by atoms with van der Waals surface area (Å²) in [7, 11) is 0. The number of carbonyl (C=O) groups is 2. The normalized spacial score (nSPS) is 43.0. The van der Waals surface area contributed by atoms with Crippen LogP contribution in [0.25, 0.3) is 0 Å². The third-order valence-electron chi connectivity index (χ3n) is 12.0. The Kier molecular flexibility index (Phi) is 7.90. The average molecular weight is 546 g/mol. The van der Waals surface area contributed by atoms with Crippen LogP contribution in [-0.2, 0) is 16.0 Å². The number of aromatic nitrogens is 2. The van der Waals surface area contributed by atoms with Gasteiger partial charge in [0.15, 0.2) is 0 Å².